The van der Waals surface area contributed by atoms with Crippen molar-refractivity contribution in [3.8, 4) is 0 Å². The lowest BCUT2D eigenvalue weighted by atomic mass is 10.1. The molecule has 5 heteroatoms. The van der Waals surface area contributed by atoms with Crippen LogP contribution in [0.4, 0.5) is 0 Å². The third-order valence-electron chi connectivity index (χ3n) is 1.49. The number of ether oxygens (including phenoxy) is 2. The molecule has 4 nitrogen and oxygen atoms in total. The third-order valence-corrected chi connectivity index (χ3v) is 1.49. The normalized spacial score (nSPS) is 30.3. The quantitative estimate of drug-likeness (QED) is 0.612. The molecule has 0 aromatic carbocycles. The van der Waals surface area contributed by atoms with Crippen molar-refractivity contribution in [1.29, 1.82) is 0 Å². The topological polar surface area (TPSA) is 61.6 Å². The lowest BCUT2D eigenvalue weighted by Gasteiger charge is -2.24. The van der Waals surface area contributed by atoms with Crippen molar-refractivity contribution in [3.63, 3.8) is 0 Å². The second-order valence-corrected chi connectivity index (χ2v) is 2.32. The van der Waals surface area contributed by atoms with Gasteiger partial charge in [-0.25, -0.2) is 0 Å². The minimum absolute atomic E-state index is 0. The Balaban J connectivity index is 0.000001000. The maximum Gasteiger partial charge on any atom is 0.295 e. The van der Waals surface area contributed by atoms with E-state index in [2.05, 4.69) is 4.74 Å². The molecular formula is C6H12ClNO3. The van der Waals surface area contributed by atoms with Crippen molar-refractivity contribution in [2.45, 2.75) is 25.2 Å². The number of carbonyl (C=O) groups excluding carboxylic acids is 1. The molecule has 0 radical (unpaired) electrons. The van der Waals surface area contributed by atoms with Crippen molar-refractivity contribution in [3.05, 3.63) is 0 Å². The molecular weight excluding hydrogens is 170 g/mol. The third kappa shape index (κ3) is 3.55. The monoisotopic (exact) mass is 181 g/mol. The van der Waals surface area contributed by atoms with Crippen LogP contribution in [0.15, 0.2) is 0 Å². The predicted octanol–water partition coefficient (Wildman–Crippen LogP) is 0.0450. The highest BCUT2D eigenvalue weighted by molar-refractivity contribution is 5.85. The Morgan fingerprint density at radius 1 is 1.64 bits per heavy atom. The van der Waals surface area contributed by atoms with Gasteiger partial charge < -0.3 is 15.2 Å². The first-order chi connectivity index (χ1) is 4.83. The van der Waals surface area contributed by atoms with E-state index in [9.17, 15) is 4.79 Å². The molecule has 0 aromatic heterocycles. The van der Waals surface area contributed by atoms with Crippen molar-refractivity contribution >= 4 is 18.9 Å². The van der Waals surface area contributed by atoms with E-state index in [1.807, 2.05) is 0 Å². The highest BCUT2D eigenvalue weighted by atomic mass is 35.5. The van der Waals surface area contributed by atoms with E-state index in [1.54, 1.807) is 0 Å². The van der Waals surface area contributed by atoms with Crippen LogP contribution in [-0.4, -0.2) is 25.4 Å². The van der Waals surface area contributed by atoms with Gasteiger partial charge in [-0.1, -0.05) is 0 Å². The van der Waals surface area contributed by atoms with Gasteiger partial charge >= 0.3 is 0 Å². The highest BCUT2D eigenvalue weighted by Gasteiger charge is 2.19. The summed E-state index contributed by atoms with van der Waals surface area (Å²) in [5, 5.41) is 0. The molecule has 0 aromatic rings. The average Bonchev–Trinajstić information content (AvgIpc) is 1.88. The first-order valence-corrected chi connectivity index (χ1v) is 3.29. The molecule has 1 rings (SSSR count). The van der Waals surface area contributed by atoms with Gasteiger partial charge in [0.1, 0.15) is 0 Å². The summed E-state index contributed by atoms with van der Waals surface area (Å²) in [5.41, 5.74) is 5.58. The van der Waals surface area contributed by atoms with Gasteiger partial charge in [-0.15, -0.1) is 12.4 Å². The molecule has 66 valence electrons. The van der Waals surface area contributed by atoms with E-state index in [0.29, 0.717) is 19.5 Å². The van der Waals surface area contributed by atoms with Crippen LogP contribution in [0, 0.1) is 0 Å². The minimum Gasteiger partial charge on any atom is -0.438 e. The van der Waals surface area contributed by atoms with E-state index in [0.717, 1.165) is 6.42 Å². The van der Waals surface area contributed by atoms with Crippen LogP contribution in [0.2, 0.25) is 0 Å². The van der Waals surface area contributed by atoms with E-state index < -0.39 is 6.29 Å². The highest BCUT2D eigenvalue weighted by Crippen LogP contribution is 2.11. The molecule has 2 N–H and O–H groups in total. The van der Waals surface area contributed by atoms with Gasteiger partial charge in [0, 0.05) is 12.5 Å². The van der Waals surface area contributed by atoms with E-state index in [4.69, 9.17) is 10.5 Å². The molecule has 0 saturated carbocycles. The smallest absolute Gasteiger partial charge is 0.295 e. The summed E-state index contributed by atoms with van der Waals surface area (Å²) in [6, 6.07) is 0.110. The van der Waals surface area contributed by atoms with Crippen LogP contribution < -0.4 is 5.73 Å². The largest absolute Gasteiger partial charge is 0.438 e. The van der Waals surface area contributed by atoms with Crippen molar-refractivity contribution in [2.24, 2.45) is 5.73 Å². The predicted molar refractivity (Wildman–Crippen MR) is 41.3 cm³/mol. The molecule has 1 heterocycles. The summed E-state index contributed by atoms with van der Waals surface area (Å²) in [6.07, 6.45) is 1.04. The average molecular weight is 182 g/mol. The van der Waals surface area contributed by atoms with Crippen LogP contribution in [0.25, 0.3) is 0 Å². The van der Waals surface area contributed by atoms with Gasteiger partial charge in [-0.3, -0.25) is 4.79 Å². The summed E-state index contributed by atoms with van der Waals surface area (Å²) in [6.45, 7) is 0.975. The first kappa shape index (κ1) is 10.7. The Morgan fingerprint density at radius 2 is 2.36 bits per heavy atom. The maximum atomic E-state index is 9.84. The number of rotatable bonds is 2. The van der Waals surface area contributed by atoms with E-state index >= 15 is 0 Å². The number of nitrogens with two attached hydrogens (primary N) is 1. The Kier molecular flexibility index (Phi) is 5.19. The van der Waals surface area contributed by atoms with Gasteiger partial charge in [0.15, 0.2) is 0 Å². The number of hydrogen-bond donors (Lipinski definition) is 1. The molecule has 11 heavy (non-hydrogen) atoms. The van der Waals surface area contributed by atoms with E-state index in [-0.39, 0.29) is 18.4 Å². The van der Waals surface area contributed by atoms with Gasteiger partial charge in [0.05, 0.1) is 6.61 Å². The van der Waals surface area contributed by atoms with Gasteiger partial charge in [0.2, 0.25) is 6.29 Å². The Bertz CT molecular complexity index is 122. The summed E-state index contributed by atoms with van der Waals surface area (Å²) in [4.78, 5) is 9.84. The van der Waals surface area contributed by atoms with Crippen LogP contribution in [0.5, 0.6) is 0 Å². The zero-order valence-electron chi connectivity index (χ0n) is 6.06. The van der Waals surface area contributed by atoms with Gasteiger partial charge in [-0.05, 0) is 6.42 Å². The number of halogens is 1. The zero-order chi connectivity index (χ0) is 7.40. The molecule has 1 aliphatic rings. The zero-order valence-corrected chi connectivity index (χ0v) is 6.88. The lowest BCUT2D eigenvalue weighted by molar-refractivity contribution is -0.174. The molecule has 0 spiro atoms. The minimum atomic E-state index is -0.416. The van der Waals surface area contributed by atoms with Gasteiger partial charge in [-0.2, -0.15) is 0 Å². The summed E-state index contributed by atoms with van der Waals surface area (Å²) >= 11 is 0. The van der Waals surface area contributed by atoms with Crippen LogP contribution in [0.1, 0.15) is 12.8 Å². The Hall–Kier alpha value is -0.320. The fourth-order valence-corrected chi connectivity index (χ4v) is 0.941. The number of carbonyl (C=O) groups is 1. The summed E-state index contributed by atoms with van der Waals surface area (Å²) < 4.78 is 9.63. The molecule has 1 aliphatic heterocycles. The molecule has 0 bridgehead atoms. The summed E-state index contributed by atoms with van der Waals surface area (Å²) in [5.74, 6) is 0. The fraction of sp³-hybridized carbons (Fsp3) is 0.833. The lowest BCUT2D eigenvalue weighted by Crippen LogP contribution is -2.35. The molecule has 2 atom stereocenters. The maximum absolute atomic E-state index is 9.84. The molecule has 0 aliphatic carbocycles. The molecule has 1 saturated heterocycles. The Morgan fingerprint density at radius 3 is 2.91 bits per heavy atom. The second kappa shape index (κ2) is 5.35. The van der Waals surface area contributed by atoms with Crippen molar-refractivity contribution in [2.75, 3.05) is 6.61 Å². The van der Waals surface area contributed by atoms with Crippen molar-refractivity contribution < 1.29 is 14.3 Å². The number of hydrogen-bond acceptors (Lipinski definition) is 4. The fourth-order valence-electron chi connectivity index (χ4n) is 0.941. The van der Waals surface area contributed by atoms with E-state index in [1.165, 1.54) is 0 Å². The standard InChI is InChI=1S/C6H11NO3.ClH/c7-5-1-2-9-6(3-5)10-4-8;/h4-6H,1-3,7H2;1H/t5-,6-;/m0./s1. The first-order valence-electron chi connectivity index (χ1n) is 3.29. The SMILES string of the molecule is Cl.N[C@H]1CCO[C@@H](OC=O)C1. The van der Waals surface area contributed by atoms with Crippen LogP contribution in [-0.2, 0) is 14.3 Å². The summed E-state index contributed by atoms with van der Waals surface area (Å²) in [7, 11) is 0. The van der Waals surface area contributed by atoms with Gasteiger partial charge in [0.25, 0.3) is 6.47 Å². The Labute approximate surface area is 71.4 Å². The van der Waals surface area contributed by atoms with Crippen molar-refractivity contribution in [1.82, 2.24) is 0 Å². The molecule has 0 amide bonds. The molecule has 0 unspecified atom stereocenters. The molecule has 1 fully saturated rings. The van der Waals surface area contributed by atoms with Crippen LogP contribution in [0.3, 0.4) is 0 Å². The second-order valence-electron chi connectivity index (χ2n) is 2.32. The van der Waals surface area contributed by atoms with Crippen LogP contribution >= 0.6 is 12.4 Å².